The van der Waals surface area contributed by atoms with Crippen LogP contribution in [-0.4, -0.2) is 4.43 Å². The number of benzene rings is 1. The van der Waals surface area contributed by atoms with Gasteiger partial charge in [-0.25, -0.2) is 0 Å². The van der Waals surface area contributed by atoms with Gasteiger partial charge in [0.25, 0.3) is 0 Å². The molecule has 0 fully saturated rings. The first-order valence-electron chi connectivity index (χ1n) is 4.85. The van der Waals surface area contributed by atoms with Gasteiger partial charge in [-0.15, -0.1) is 0 Å². The Morgan fingerprint density at radius 2 is 1.86 bits per heavy atom. The van der Waals surface area contributed by atoms with Gasteiger partial charge in [0, 0.05) is 28.4 Å². The molecule has 14 heavy (non-hydrogen) atoms. The highest BCUT2D eigenvalue weighted by Crippen LogP contribution is 2.07. The molecule has 2 heteroatoms. The average Bonchev–Trinajstić information content (AvgIpc) is 2.26. The molecule has 0 bridgehead atoms. The Morgan fingerprint density at radius 3 is 2.71 bits per heavy atom. The fourth-order valence-corrected chi connectivity index (χ4v) is 1.99. The predicted molar refractivity (Wildman–Crippen MR) is 67.6 cm³/mol. The van der Waals surface area contributed by atoms with E-state index in [2.05, 4.69) is 69.8 Å². The summed E-state index contributed by atoms with van der Waals surface area (Å²) in [7, 11) is 0. The van der Waals surface area contributed by atoms with Crippen LogP contribution in [0, 0.1) is 0 Å². The molecule has 1 nitrogen and oxygen atoms in total. The summed E-state index contributed by atoms with van der Waals surface area (Å²) in [4.78, 5) is 0. The second-order valence-corrected chi connectivity index (χ2v) is 4.38. The lowest BCUT2D eigenvalue weighted by atomic mass is 10.2. The number of fused-ring (bicyclic) bond motifs is 1. The van der Waals surface area contributed by atoms with E-state index in [-0.39, 0.29) is 0 Å². The number of aromatic nitrogens is 1. The van der Waals surface area contributed by atoms with Gasteiger partial charge in [0.15, 0.2) is 6.20 Å². The Labute approximate surface area is 97.9 Å². The van der Waals surface area contributed by atoms with E-state index in [4.69, 9.17) is 0 Å². The number of rotatable bonds is 3. The largest absolute Gasteiger partial charge is 0.212 e. The Bertz CT molecular complexity index is 420. The molecule has 0 atom stereocenters. The molecule has 1 aromatic heterocycles. The van der Waals surface area contributed by atoms with Crippen molar-refractivity contribution < 1.29 is 4.57 Å². The third-order valence-corrected chi connectivity index (χ3v) is 3.08. The third-order valence-electron chi connectivity index (χ3n) is 2.32. The molecule has 0 unspecified atom stereocenters. The number of para-hydroxylation sites is 1. The second kappa shape index (κ2) is 4.73. The number of pyridine rings is 1. The molecule has 0 aliphatic rings. The van der Waals surface area contributed by atoms with Crippen molar-refractivity contribution in [2.75, 3.05) is 4.43 Å². The highest BCUT2D eigenvalue weighted by Gasteiger charge is 2.05. The van der Waals surface area contributed by atoms with Crippen molar-refractivity contribution in [3.63, 3.8) is 0 Å². The summed E-state index contributed by atoms with van der Waals surface area (Å²) in [5.41, 5.74) is 1.33. The molecule has 2 aromatic rings. The molecule has 1 aromatic carbocycles. The molecule has 0 aliphatic carbocycles. The van der Waals surface area contributed by atoms with Crippen molar-refractivity contribution in [2.24, 2.45) is 0 Å². The van der Waals surface area contributed by atoms with E-state index < -0.39 is 0 Å². The van der Waals surface area contributed by atoms with Crippen molar-refractivity contribution >= 4 is 33.5 Å². The van der Waals surface area contributed by atoms with Crippen LogP contribution in [0.2, 0.25) is 0 Å². The van der Waals surface area contributed by atoms with Crippen LogP contribution in [-0.2, 0) is 6.54 Å². The van der Waals surface area contributed by atoms with Gasteiger partial charge in [0.05, 0.1) is 0 Å². The van der Waals surface area contributed by atoms with Gasteiger partial charge in [-0.1, -0.05) is 34.7 Å². The van der Waals surface area contributed by atoms with Gasteiger partial charge >= 0.3 is 0 Å². The number of hydrogen-bond acceptors (Lipinski definition) is 0. The van der Waals surface area contributed by atoms with E-state index >= 15 is 0 Å². The van der Waals surface area contributed by atoms with Crippen molar-refractivity contribution in [3.05, 3.63) is 42.6 Å². The van der Waals surface area contributed by atoms with E-state index in [0.717, 1.165) is 6.54 Å². The molecule has 0 N–H and O–H groups in total. The summed E-state index contributed by atoms with van der Waals surface area (Å²) in [6.45, 7) is 1.12. The SMILES string of the molecule is ICCC[n+]1cccc2ccccc21. The minimum atomic E-state index is 1.12. The Kier molecular flexibility index (Phi) is 3.35. The maximum Gasteiger partial charge on any atom is 0.212 e. The predicted octanol–water partition coefficient (Wildman–Crippen LogP) is 2.95. The number of halogens is 1. The normalized spacial score (nSPS) is 10.6. The first-order valence-corrected chi connectivity index (χ1v) is 6.37. The van der Waals surface area contributed by atoms with Gasteiger partial charge in [-0.05, 0) is 12.1 Å². The lowest BCUT2D eigenvalue weighted by molar-refractivity contribution is -0.671. The summed E-state index contributed by atoms with van der Waals surface area (Å²) < 4.78 is 3.54. The van der Waals surface area contributed by atoms with Crippen molar-refractivity contribution in [2.45, 2.75) is 13.0 Å². The van der Waals surface area contributed by atoms with Crippen molar-refractivity contribution in [1.82, 2.24) is 0 Å². The summed E-state index contributed by atoms with van der Waals surface area (Å²) in [5, 5.41) is 1.32. The van der Waals surface area contributed by atoms with Crippen LogP contribution in [0.25, 0.3) is 10.9 Å². The maximum absolute atomic E-state index is 2.42. The van der Waals surface area contributed by atoms with Gasteiger partial charge in [-0.3, -0.25) is 0 Å². The minimum Gasteiger partial charge on any atom is -0.198 e. The zero-order valence-electron chi connectivity index (χ0n) is 7.99. The molecule has 0 radical (unpaired) electrons. The molecule has 0 amide bonds. The quantitative estimate of drug-likeness (QED) is 0.466. The second-order valence-electron chi connectivity index (χ2n) is 3.30. The van der Waals surface area contributed by atoms with Gasteiger partial charge in [0.2, 0.25) is 5.52 Å². The zero-order valence-corrected chi connectivity index (χ0v) is 10.1. The lowest BCUT2D eigenvalue weighted by Gasteiger charge is -1.99. The van der Waals surface area contributed by atoms with Crippen LogP contribution in [0.5, 0.6) is 0 Å². The first-order chi connectivity index (χ1) is 6.92. The molecule has 2 rings (SSSR count). The van der Waals surface area contributed by atoms with Crippen LogP contribution >= 0.6 is 22.6 Å². The maximum atomic E-state index is 2.42. The number of alkyl halides is 1. The summed E-state index contributed by atoms with van der Waals surface area (Å²) >= 11 is 2.42. The topological polar surface area (TPSA) is 3.88 Å². The summed E-state index contributed by atoms with van der Waals surface area (Å²) in [6, 6.07) is 12.8. The Morgan fingerprint density at radius 1 is 1.07 bits per heavy atom. The molecular formula is C12H13IN+. The average molecular weight is 298 g/mol. The van der Waals surface area contributed by atoms with E-state index in [1.807, 2.05) is 0 Å². The number of nitrogens with zero attached hydrogens (tertiary/aromatic N) is 1. The highest BCUT2D eigenvalue weighted by atomic mass is 127. The molecule has 0 saturated carbocycles. The number of hydrogen-bond donors (Lipinski definition) is 0. The van der Waals surface area contributed by atoms with Gasteiger partial charge in [-0.2, -0.15) is 4.57 Å². The zero-order chi connectivity index (χ0) is 9.80. The fraction of sp³-hybridized carbons (Fsp3) is 0.250. The van der Waals surface area contributed by atoms with Crippen LogP contribution in [0.15, 0.2) is 42.6 Å². The number of aryl methyl sites for hydroxylation is 1. The Balaban J connectivity index is 2.43. The van der Waals surface area contributed by atoms with Crippen molar-refractivity contribution in [3.8, 4) is 0 Å². The molecule has 1 heterocycles. The lowest BCUT2D eigenvalue weighted by Crippen LogP contribution is -2.34. The monoisotopic (exact) mass is 298 g/mol. The molecule has 0 saturated heterocycles. The summed E-state index contributed by atoms with van der Waals surface area (Å²) in [5.74, 6) is 0. The molecular weight excluding hydrogens is 285 g/mol. The van der Waals surface area contributed by atoms with E-state index in [0.29, 0.717) is 0 Å². The van der Waals surface area contributed by atoms with Crippen LogP contribution in [0.1, 0.15) is 6.42 Å². The van der Waals surface area contributed by atoms with Gasteiger partial charge in [0.1, 0.15) is 6.54 Å². The minimum absolute atomic E-state index is 1.12. The van der Waals surface area contributed by atoms with Crippen LogP contribution < -0.4 is 4.57 Å². The third kappa shape index (κ3) is 2.05. The van der Waals surface area contributed by atoms with Crippen molar-refractivity contribution in [1.29, 1.82) is 0 Å². The first kappa shape index (κ1) is 9.90. The highest BCUT2D eigenvalue weighted by molar-refractivity contribution is 14.1. The van der Waals surface area contributed by atoms with E-state index in [1.54, 1.807) is 0 Å². The smallest absolute Gasteiger partial charge is 0.198 e. The summed E-state index contributed by atoms with van der Waals surface area (Å²) in [6.07, 6.45) is 3.40. The molecule has 72 valence electrons. The fourth-order valence-electron chi connectivity index (χ4n) is 1.65. The Hall–Kier alpha value is -0.640. The van der Waals surface area contributed by atoms with Crippen LogP contribution in [0.3, 0.4) is 0 Å². The standard InChI is InChI=1S/C12H13IN/c13-8-4-10-14-9-3-6-11-5-1-2-7-12(11)14/h1-3,5-7,9H,4,8,10H2/q+1. The molecule has 0 aliphatic heterocycles. The van der Waals surface area contributed by atoms with Gasteiger partial charge < -0.3 is 0 Å². The van der Waals surface area contributed by atoms with E-state index in [1.165, 1.54) is 21.8 Å². The van der Waals surface area contributed by atoms with E-state index in [9.17, 15) is 0 Å². The van der Waals surface area contributed by atoms with Crippen LogP contribution in [0.4, 0.5) is 0 Å². The molecule has 0 spiro atoms.